The fraction of sp³-hybridized carbons (Fsp3) is 0.562. The number of likely N-dealkylation sites (N-methyl/N-ethyl adjacent to an activating group) is 1. The first kappa shape index (κ1) is 17.1. The van der Waals surface area contributed by atoms with Crippen molar-refractivity contribution in [1.29, 1.82) is 0 Å². The summed E-state index contributed by atoms with van der Waals surface area (Å²) in [6, 6.07) is 3.87. The Labute approximate surface area is 126 Å². The normalized spacial score (nSPS) is 11.0. The van der Waals surface area contributed by atoms with Crippen molar-refractivity contribution in [2.24, 2.45) is 5.41 Å². The predicted octanol–water partition coefficient (Wildman–Crippen LogP) is 1.63. The minimum Gasteiger partial charge on any atom is -0.347 e. The van der Waals surface area contributed by atoms with Gasteiger partial charge in [0.05, 0.1) is 6.54 Å². The molecule has 0 aromatic carbocycles. The Balaban J connectivity index is 2.30. The number of nitrogens with zero attached hydrogens (tertiary/aromatic N) is 2. The molecule has 116 valence electrons. The smallest absolute Gasteiger partial charge is 0.241 e. The second kappa shape index (κ2) is 7.76. The molecule has 0 fully saturated rings. The van der Waals surface area contributed by atoms with Crippen molar-refractivity contribution in [3.8, 4) is 0 Å². The molecular weight excluding hydrogens is 266 g/mol. The van der Waals surface area contributed by atoms with Gasteiger partial charge in [0.25, 0.3) is 0 Å². The van der Waals surface area contributed by atoms with Gasteiger partial charge in [-0.05, 0) is 29.5 Å². The van der Waals surface area contributed by atoms with Crippen LogP contribution in [0.25, 0.3) is 0 Å². The number of carbonyl (C=O) groups is 2. The van der Waals surface area contributed by atoms with Crippen LogP contribution in [0.1, 0.15) is 32.8 Å². The van der Waals surface area contributed by atoms with Gasteiger partial charge in [0.1, 0.15) is 0 Å². The summed E-state index contributed by atoms with van der Waals surface area (Å²) in [5.41, 5.74) is 1.07. The van der Waals surface area contributed by atoms with E-state index in [9.17, 15) is 9.59 Å². The molecule has 0 spiro atoms. The molecule has 2 amide bonds. The molecular formula is C16H25N3O2. The highest BCUT2D eigenvalue weighted by molar-refractivity contribution is 5.84. The Kier molecular flexibility index (Phi) is 6.34. The van der Waals surface area contributed by atoms with Crippen LogP contribution in [0.2, 0.25) is 0 Å². The lowest BCUT2D eigenvalue weighted by Crippen LogP contribution is -2.39. The minimum absolute atomic E-state index is 0.0573. The molecule has 5 heteroatoms. The van der Waals surface area contributed by atoms with E-state index in [1.165, 1.54) is 0 Å². The molecule has 1 aromatic heterocycles. The molecule has 0 radical (unpaired) electrons. The van der Waals surface area contributed by atoms with Gasteiger partial charge in [-0.1, -0.05) is 20.8 Å². The van der Waals surface area contributed by atoms with Crippen molar-refractivity contribution in [3.05, 3.63) is 30.1 Å². The lowest BCUT2D eigenvalue weighted by atomic mass is 9.92. The van der Waals surface area contributed by atoms with Crippen LogP contribution in [0.3, 0.4) is 0 Å². The fourth-order valence-corrected chi connectivity index (χ4v) is 1.82. The summed E-state index contributed by atoms with van der Waals surface area (Å²) in [5.74, 6) is -0.162. The van der Waals surface area contributed by atoms with E-state index in [4.69, 9.17) is 0 Å². The molecule has 1 N–H and O–H groups in total. The molecule has 1 aromatic rings. The fourth-order valence-electron chi connectivity index (χ4n) is 1.82. The van der Waals surface area contributed by atoms with Crippen molar-refractivity contribution in [2.45, 2.75) is 33.6 Å². The molecule has 1 rings (SSSR count). The van der Waals surface area contributed by atoms with Gasteiger partial charge < -0.3 is 10.2 Å². The van der Waals surface area contributed by atoms with Crippen LogP contribution in [0.5, 0.6) is 0 Å². The summed E-state index contributed by atoms with van der Waals surface area (Å²) in [6.45, 7) is 6.67. The molecule has 21 heavy (non-hydrogen) atoms. The number of pyridine rings is 1. The van der Waals surface area contributed by atoms with Gasteiger partial charge in [0.15, 0.2) is 0 Å². The van der Waals surface area contributed by atoms with Crippen LogP contribution >= 0.6 is 0 Å². The maximum atomic E-state index is 11.9. The second-order valence-corrected chi connectivity index (χ2v) is 6.43. The third kappa shape index (κ3) is 7.44. The molecule has 0 aliphatic carbocycles. The minimum atomic E-state index is -0.0848. The molecule has 0 aliphatic heterocycles. The van der Waals surface area contributed by atoms with Crippen LogP contribution < -0.4 is 5.32 Å². The number of amides is 2. The first-order chi connectivity index (χ1) is 9.78. The Morgan fingerprint density at radius 2 is 1.86 bits per heavy atom. The average Bonchev–Trinajstić information content (AvgIpc) is 2.41. The molecule has 0 atom stereocenters. The van der Waals surface area contributed by atoms with Crippen molar-refractivity contribution >= 4 is 11.8 Å². The average molecular weight is 291 g/mol. The number of nitrogens with one attached hydrogen (secondary N) is 1. The lowest BCUT2D eigenvalue weighted by molar-refractivity contribution is -0.132. The Bertz CT molecular complexity index is 466. The van der Waals surface area contributed by atoms with Crippen molar-refractivity contribution < 1.29 is 9.59 Å². The molecule has 5 nitrogen and oxygen atoms in total. The van der Waals surface area contributed by atoms with E-state index in [1.54, 1.807) is 24.3 Å². The van der Waals surface area contributed by atoms with E-state index >= 15 is 0 Å². The van der Waals surface area contributed by atoms with Crippen LogP contribution in [-0.4, -0.2) is 41.8 Å². The van der Waals surface area contributed by atoms with Gasteiger partial charge in [-0.2, -0.15) is 0 Å². The third-order valence-corrected chi connectivity index (χ3v) is 3.04. The number of rotatable bonds is 6. The van der Waals surface area contributed by atoms with Gasteiger partial charge in [0.2, 0.25) is 11.8 Å². The zero-order valence-corrected chi connectivity index (χ0v) is 13.3. The predicted molar refractivity (Wildman–Crippen MR) is 82.7 cm³/mol. The Morgan fingerprint density at radius 3 is 2.43 bits per heavy atom. The summed E-state index contributed by atoms with van der Waals surface area (Å²) in [6.07, 6.45) is 4.68. The van der Waals surface area contributed by atoms with Gasteiger partial charge in [-0.25, -0.2) is 0 Å². The van der Waals surface area contributed by atoms with Crippen LogP contribution in [0, 0.1) is 5.41 Å². The van der Waals surface area contributed by atoms with Crippen LogP contribution in [0.4, 0.5) is 0 Å². The summed E-state index contributed by atoms with van der Waals surface area (Å²) in [4.78, 5) is 29.2. The Morgan fingerprint density at radius 1 is 1.24 bits per heavy atom. The van der Waals surface area contributed by atoms with Gasteiger partial charge in [-0.15, -0.1) is 0 Å². The molecule has 0 bridgehead atoms. The SMILES string of the molecule is CN(CCc1ccncc1)C(=O)CNC(=O)CC(C)(C)C. The van der Waals surface area contributed by atoms with E-state index in [0.29, 0.717) is 13.0 Å². The summed E-state index contributed by atoms with van der Waals surface area (Å²) >= 11 is 0. The van der Waals surface area contributed by atoms with Gasteiger partial charge in [0, 0.05) is 32.4 Å². The lowest BCUT2D eigenvalue weighted by Gasteiger charge is -2.19. The number of carbonyl (C=O) groups excluding carboxylic acids is 2. The zero-order chi connectivity index (χ0) is 15.9. The molecule has 0 aliphatic rings. The highest BCUT2D eigenvalue weighted by atomic mass is 16.2. The van der Waals surface area contributed by atoms with E-state index in [0.717, 1.165) is 12.0 Å². The molecule has 0 saturated carbocycles. The van der Waals surface area contributed by atoms with Crippen molar-refractivity contribution in [2.75, 3.05) is 20.1 Å². The summed E-state index contributed by atoms with van der Waals surface area (Å²) < 4.78 is 0. The van der Waals surface area contributed by atoms with E-state index in [2.05, 4.69) is 10.3 Å². The topological polar surface area (TPSA) is 62.3 Å². The number of hydrogen-bond acceptors (Lipinski definition) is 3. The van der Waals surface area contributed by atoms with Crippen molar-refractivity contribution in [1.82, 2.24) is 15.2 Å². The summed E-state index contributed by atoms with van der Waals surface area (Å²) in [5, 5.41) is 2.68. The highest BCUT2D eigenvalue weighted by Gasteiger charge is 2.17. The summed E-state index contributed by atoms with van der Waals surface area (Å²) in [7, 11) is 1.75. The highest BCUT2D eigenvalue weighted by Crippen LogP contribution is 2.17. The quantitative estimate of drug-likeness (QED) is 0.866. The standard InChI is InChI=1S/C16H25N3O2/c1-16(2,3)11-14(20)18-12-15(21)19(4)10-7-13-5-8-17-9-6-13/h5-6,8-9H,7,10-12H2,1-4H3,(H,18,20). The molecule has 0 saturated heterocycles. The third-order valence-electron chi connectivity index (χ3n) is 3.04. The molecule has 1 heterocycles. The monoisotopic (exact) mass is 291 g/mol. The van der Waals surface area contributed by atoms with Gasteiger partial charge in [-0.3, -0.25) is 14.6 Å². The second-order valence-electron chi connectivity index (χ2n) is 6.43. The number of hydrogen-bond donors (Lipinski definition) is 1. The van der Waals surface area contributed by atoms with E-state index in [1.807, 2.05) is 32.9 Å². The molecule has 0 unspecified atom stereocenters. The van der Waals surface area contributed by atoms with Crippen LogP contribution in [-0.2, 0) is 16.0 Å². The van der Waals surface area contributed by atoms with E-state index in [-0.39, 0.29) is 23.8 Å². The zero-order valence-electron chi connectivity index (χ0n) is 13.3. The number of aromatic nitrogens is 1. The first-order valence-electron chi connectivity index (χ1n) is 7.17. The Hall–Kier alpha value is -1.91. The van der Waals surface area contributed by atoms with E-state index < -0.39 is 0 Å². The largest absolute Gasteiger partial charge is 0.347 e. The maximum absolute atomic E-state index is 11.9. The van der Waals surface area contributed by atoms with Crippen molar-refractivity contribution in [3.63, 3.8) is 0 Å². The first-order valence-corrected chi connectivity index (χ1v) is 7.17. The van der Waals surface area contributed by atoms with Gasteiger partial charge >= 0.3 is 0 Å². The van der Waals surface area contributed by atoms with Crippen LogP contribution in [0.15, 0.2) is 24.5 Å². The maximum Gasteiger partial charge on any atom is 0.241 e.